The average Bonchev–Trinajstić information content (AvgIpc) is 2.15. The lowest BCUT2D eigenvalue weighted by molar-refractivity contribution is -0.137. The Morgan fingerprint density at radius 1 is 1.27 bits per heavy atom. The Morgan fingerprint density at radius 2 is 2.00 bits per heavy atom. The number of alkyl halides is 3. The summed E-state index contributed by atoms with van der Waals surface area (Å²) in [6.45, 7) is 2.63. The van der Waals surface area contributed by atoms with Crippen LogP contribution in [0.4, 0.5) is 24.5 Å². The van der Waals surface area contributed by atoms with Gasteiger partial charge in [-0.15, -0.1) is 0 Å². The van der Waals surface area contributed by atoms with Gasteiger partial charge in [-0.25, -0.2) is 0 Å². The predicted octanol–water partition coefficient (Wildman–Crippen LogP) is 2.93. The molecule has 0 aromatic heterocycles. The van der Waals surface area contributed by atoms with Crippen molar-refractivity contribution in [1.82, 2.24) is 0 Å². The van der Waals surface area contributed by atoms with Gasteiger partial charge in [0.05, 0.1) is 16.9 Å². The number of hydrogen-bond acceptors (Lipinski definition) is 2. The van der Waals surface area contributed by atoms with Crippen LogP contribution >= 0.6 is 0 Å². The maximum atomic E-state index is 12.4. The molecule has 1 heterocycles. The van der Waals surface area contributed by atoms with E-state index in [-0.39, 0.29) is 6.04 Å². The second-order valence-electron chi connectivity index (χ2n) is 3.68. The minimum absolute atomic E-state index is 0.140. The summed E-state index contributed by atoms with van der Waals surface area (Å²) in [5, 5.41) is 6.07. The minimum Gasteiger partial charge on any atom is -0.381 e. The largest absolute Gasteiger partial charge is 0.416 e. The van der Waals surface area contributed by atoms with E-state index in [1.165, 1.54) is 6.07 Å². The van der Waals surface area contributed by atoms with Gasteiger partial charge in [0.25, 0.3) is 0 Å². The van der Waals surface area contributed by atoms with E-state index in [1.807, 2.05) is 6.92 Å². The molecule has 0 aliphatic carbocycles. The number of halogens is 3. The van der Waals surface area contributed by atoms with Crippen LogP contribution in [-0.2, 0) is 6.18 Å². The smallest absolute Gasteiger partial charge is 0.381 e. The summed E-state index contributed by atoms with van der Waals surface area (Å²) in [6, 6.07) is 3.82. The normalized spacial score (nSPS) is 20.1. The van der Waals surface area contributed by atoms with Crippen LogP contribution < -0.4 is 10.6 Å². The summed E-state index contributed by atoms with van der Waals surface area (Å²) in [5.41, 5.74) is 0.620. The molecule has 2 N–H and O–H groups in total. The molecular formula is C10H11F3N2. The maximum absolute atomic E-state index is 12.4. The molecular weight excluding hydrogens is 205 g/mol. The molecule has 5 heteroatoms. The van der Waals surface area contributed by atoms with Crippen molar-refractivity contribution in [1.29, 1.82) is 0 Å². The summed E-state index contributed by atoms with van der Waals surface area (Å²) in [6.07, 6.45) is -4.28. The summed E-state index contributed by atoms with van der Waals surface area (Å²) >= 11 is 0. The Labute approximate surface area is 85.5 Å². The third-order valence-corrected chi connectivity index (χ3v) is 2.35. The lowest BCUT2D eigenvalue weighted by Gasteiger charge is -2.26. The van der Waals surface area contributed by atoms with E-state index in [0.717, 1.165) is 24.4 Å². The lowest BCUT2D eigenvalue weighted by atomic mass is 10.1. The first kappa shape index (κ1) is 10.1. The molecule has 0 fully saturated rings. The first-order chi connectivity index (χ1) is 6.97. The van der Waals surface area contributed by atoms with Gasteiger partial charge in [0, 0.05) is 12.6 Å². The Balaban J connectivity index is 2.37. The number of nitrogens with one attached hydrogen (secondary N) is 2. The van der Waals surface area contributed by atoms with E-state index >= 15 is 0 Å². The molecule has 1 aliphatic heterocycles. The Bertz CT molecular complexity index is 373. The van der Waals surface area contributed by atoms with Gasteiger partial charge in [0.2, 0.25) is 0 Å². The highest BCUT2D eigenvalue weighted by Gasteiger charge is 2.31. The molecule has 0 saturated carbocycles. The van der Waals surface area contributed by atoms with E-state index < -0.39 is 11.7 Å². The first-order valence-corrected chi connectivity index (χ1v) is 4.68. The van der Waals surface area contributed by atoms with Crippen LogP contribution in [0.5, 0.6) is 0 Å². The van der Waals surface area contributed by atoms with E-state index in [9.17, 15) is 13.2 Å². The second kappa shape index (κ2) is 3.32. The molecule has 0 saturated heterocycles. The van der Waals surface area contributed by atoms with Gasteiger partial charge in [0.15, 0.2) is 0 Å². The number of fused-ring (bicyclic) bond motifs is 1. The van der Waals surface area contributed by atoms with Gasteiger partial charge in [-0.05, 0) is 25.1 Å². The van der Waals surface area contributed by atoms with Gasteiger partial charge in [-0.1, -0.05) is 0 Å². The molecule has 0 amide bonds. The first-order valence-electron chi connectivity index (χ1n) is 4.68. The lowest BCUT2D eigenvalue weighted by Crippen LogP contribution is -2.30. The van der Waals surface area contributed by atoms with Crippen molar-refractivity contribution in [2.24, 2.45) is 0 Å². The SMILES string of the molecule is CC1CNc2ccc(C(F)(F)F)cc2N1. The predicted molar refractivity (Wildman–Crippen MR) is 53.0 cm³/mol. The third-order valence-electron chi connectivity index (χ3n) is 2.35. The van der Waals surface area contributed by atoms with Crippen LogP contribution in [0.15, 0.2) is 18.2 Å². The Kier molecular flexibility index (Phi) is 2.25. The van der Waals surface area contributed by atoms with E-state index in [2.05, 4.69) is 10.6 Å². The molecule has 2 nitrogen and oxygen atoms in total. The van der Waals surface area contributed by atoms with Crippen molar-refractivity contribution < 1.29 is 13.2 Å². The van der Waals surface area contributed by atoms with Crippen molar-refractivity contribution in [3.8, 4) is 0 Å². The summed E-state index contributed by atoms with van der Waals surface area (Å²) in [4.78, 5) is 0. The molecule has 1 atom stereocenters. The van der Waals surface area contributed by atoms with Crippen LogP contribution in [0.2, 0.25) is 0 Å². The number of rotatable bonds is 0. The zero-order valence-corrected chi connectivity index (χ0v) is 8.15. The van der Waals surface area contributed by atoms with Crippen LogP contribution in [-0.4, -0.2) is 12.6 Å². The topological polar surface area (TPSA) is 24.1 Å². The van der Waals surface area contributed by atoms with Gasteiger partial charge < -0.3 is 10.6 Å². The van der Waals surface area contributed by atoms with Crippen molar-refractivity contribution in [3.05, 3.63) is 23.8 Å². The summed E-state index contributed by atoms with van der Waals surface area (Å²) < 4.78 is 37.2. The molecule has 1 aromatic carbocycles. The fourth-order valence-electron chi connectivity index (χ4n) is 1.57. The van der Waals surface area contributed by atoms with Crippen molar-refractivity contribution in [3.63, 3.8) is 0 Å². The number of benzene rings is 1. The zero-order chi connectivity index (χ0) is 11.1. The van der Waals surface area contributed by atoms with Gasteiger partial charge >= 0.3 is 6.18 Å². The van der Waals surface area contributed by atoms with Crippen LogP contribution in [0, 0.1) is 0 Å². The summed E-state index contributed by atoms with van der Waals surface area (Å²) in [5.74, 6) is 0. The minimum atomic E-state index is -4.28. The monoisotopic (exact) mass is 216 g/mol. The van der Waals surface area contributed by atoms with Crippen molar-refractivity contribution in [2.75, 3.05) is 17.2 Å². The molecule has 0 bridgehead atoms. The highest BCUT2D eigenvalue weighted by Crippen LogP contribution is 2.35. The highest BCUT2D eigenvalue weighted by atomic mass is 19.4. The van der Waals surface area contributed by atoms with Gasteiger partial charge in [-0.3, -0.25) is 0 Å². The number of hydrogen-bond donors (Lipinski definition) is 2. The maximum Gasteiger partial charge on any atom is 0.416 e. The third kappa shape index (κ3) is 2.00. The standard InChI is InChI=1S/C10H11F3N2/c1-6-5-14-8-3-2-7(10(11,12)13)4-9(8)15-6/h2-4,6,14-15H,5H2,1H3. The molecule has 82 valence electrons. The quantitative estimate of drug-likeness (QED) is 0.696. The van der Waals surface area contributed by atoms with Crippen LogP contribution in [0.1, 0.15) is 12.5 Å². The number of anilines is 2. The average molecular weight is 216 g/mol. The summed E-state index contributed by atoms with van der Waals surface area (Å²) in [7, 11) is 0. The van der Waals surface area contributed by atoms with Crippen molar-refractivity contribution in [2.45, 2.75) is 19.1 Å². The highest BCUT2D eigenvalue weighted by molar-refractivity contribution is 5.72. The molecule has 0 spiro atoms. The van der Waals surface area contributed by atoms with E-state index in [0.29, 0.717) is 5.69 Å². The molecule has 0 radical (unpaired) electrons. The van der Waals surface area contributed by atoms with E-state index in [1.54, 1.807) is 0 Å². The van der Waals surface area contributed by atoms with Gasteiger partial charge in [0.1, 0.15) is 0 Å². The van der Waals surface area contributed by atoms with Crippen molar-refractivity contribution >= 4 is 11.4 Å². The second-order valence-corrected chi connectivity index (χ2v) is 3.68. The van der Waals surface area contributed by atoms with Gasteiger partial charge in [-0.2, -0.15) is 13.2 Å². The Morgan fingerprint density at radius 3 is 2.67 bits per heavy atom. The van der Waals surface area contributed by atoms with Crippen LogP contribution in [0.25, 0.3) is 0 Å². The van der Waals surface area contributed by atoms with Crippen LogP contribution in [0.3, 0.4) is 0 Å². The molecule has 1 aromatic rings. The van der Waals surface area contributed by atoms with E-state index in [4.69, 9.17) is 0 Å². The Hall–Kier alpha value is -1.39. The fourth-order valence-corrected chi connectivity index (χ4v) is 1.57. The molecule has 15 heavy (non-hydrogen) atoms. The zero-order valence-electron chi connectivity index (χ0n) is 8.15. The molecule has 2 rings (SSSR count). The molecule has 1 unspecified atom stereocenters. The molecule has 1 aliphatic rings. The fraction of sp³-hybridized carbons (Fsp3) is 0.400.